The van der Waals surface area contributed by atoms with Crippen molar-refractivity contribution in [3.63, 3.8) is 0 Å². The smallest absolute Gasteiger partial charge is 0.183 e. The molecule has 1 N–H and O–H groups in total. The summed E-state index contributed by atoms with van der Waals surface area (Å²) in [6, 6.07) is 5.93. The molecule has 0 bridgehead atoms. The molecule has 5 nitrogen and oxygen atoms in total. The van der Waals surface area contributed by atoms with Gasteiger partial charge in [-0.1, -0.05) is 16.8 Å². The number of allylic oxidation sites excluding steroid dienone is 1. The van der Waals surface area contributed by atoms with Gasteiger partial charge in [-0.05, 0) is 52.8 Å². The van der Waals surface area contributed by atoms with Crippen LogP contribution < -0.4 is 10.6 Å². The molecular formula is C16H20N3O2. The van der Waals surface area contributed by atoms with Crippen LogP contribution in [0.25, 0.3) is 6.08 Å². The van der Waals surface area contributed by atoms with Crippen molar-refractivity contribution in [1.29, 1.82) is 0 Å². The van der Waals surface area contributed by atoms with Gasteiger partial charge < -0.3 is 0 Å². The second-order valence-corrected chi connectivity index (χ2v) is 6.75. The predicted molar refractivity (Wildman–Crippen MR) is 77.8 cm³/mol. The Labute approximate surface area is 124 Å². The molecule has 0 spiro atoms. The van der Waals surface area contributed by atoms with Gasteiger partial charge in [0.1, 0.15) is 5.70 Å². The number of nitrogens with zero attached hydrogens (tertiary/aromatic N) is 3. The molecule has 1 fully saturated rings. The maximum atomic E-state index is 12.6. The minimum atomic E-state index is -0.752. The number of hydroxylamine groups is 4. The molecule has 1 aromatic carbocycles. The van der Waals surface area contributed by atoms with E-state index in [4.69, 9.17) is 0 Å². The molecule has 2 heterocycles. The minimum Gasteiger partial charge on any atom is -0.286 e. The standard InChI is InChI=1S/C16H20N3O2/c1-10-6-7-12-11(8-10)9-13(17-12)14-18(20)15(2,3)16(4,5)19(14)21/h6-9,20H,1-5H3/b14-13+. The van der Waals surface area contributed by atoms with E-state index in [9.17, 15) is 10.4 Å². The minimum absolute atomic E-state index is 0.207. The van der Waals surface area contributed by atoms with Gasteiger partial charge in [-0.25, -0.2) is 10.1 Å². The van der Waals surface area contributed by atoms with Gasteiger partial charge in [-0.3, -0.25) is 5.21 Å². The first-order valence-corrected chi connectivity index (χ1v) is 7.04. The van der Waals surface area contributed by atoms with Crippen LogP contribution in [0.4, 0.5) is 0 Å². The van der Waals surface area contributed by atoms with Crippen LogP contribution in [0.1, 0.15) is 33.3 Å². The molecule has 0 amide bonds. The normalized spacial score (nSPS) is 25.7. The number of fused-ring (bicyclic) bond motifs is 1. The van der Waals surface area contributed by atoms with Crippen molar-refractivity contribution in [1.82, 2.24) is 10.1 Å². The Morgan fingerprint density at radius 1 is 1.14 bits per heavy atom. The van der Waals surface area contributed by atoms with Crippen molar-refractivity contribution in [2.45, 2.75) is 45.7 Å². The Bertz CT molecular complexity index is 740. The molecule has 2 aliphatic rings. The molecule has 2 aliphatic heterocycles. The molecule has 3 rings (SSSR count). The van der Waals surface area contributed by atoms with Crippen LogP contribution in [0.3, 0.4) is 0 Å². The number of benzene rings is 1. The molecule has 111 valence electrons. The van der Waals surface area contributed by atoms with Crippen molar-refractivity contribution >= 4 is 6.08 Å². The average Bonchev–Trinajstić information content (AvgIpc) is 2.84. The van der Waals surface area contributed by atoms with Crippen LogP contribution in [-0.2, 0) is 5.21 Å². The highest BCUT2D eigenvalue weighted by atomic mass is 16.6. The second kappa shape index (κ2) is 4.08. The van der Waals surface area contributed by atoms with Gasteiger partial charge in [0.25, 0.3) is 0 Å². The van der Waals surface area contributed by atoms with Gasteiger partial charge in [0.15, 0.2) is 5.82 Å². The van der Waals surface area contributed by atoms with E-state index in [0.717, 1.165) is 26.3 Å². The van der Waals surface area contributed by atoms with Crippen molar-refractivity contribution in [3.05, 3.63) is 45.9 Å². The van der Waals surface area contributed by atoms with E-state index in [1.807, 2.05) is 58.9 Å². The van der Waals surface area contributed by atoms with Crippen LogP contribution in [0.15, 0.2) is 34.7 Å². The lowest BCUT2D eigenvalue weighted by Gasteiger charge is -2.36. The second-order valence-electron chi connectivity index (χ2n) is 6.75. The first-order valence-electron chi connectivity index (χ1n) is 7.04. The predicted octanol–water partition coefficient (Wildman–Crippen LogP) is 1.49. The zero-order valence-electron chi connectivity index (χ0n) is 13.0. The summed E-state index contributed by atoms with van der Waals surface area (Å²) in [6.45, 7) is 9.35. The Morgan fingerprint density at radius 3 is 2.38 bits per heavy atom. The molecule has 21 heavy (non-hydrogen) atoms. The summed E-state index contributed by atoms with van der Waals surface area (Å²) >= 11 is 0. The van der Waals surface area contributed by atoms with E-state index in [1.165, 1.54) is 0 Å². The highest BCUT2D eigenvalue weighted by Crippen LogP contribution is 2.44. The third-order valence-corrected chi connectivity index (χ3v) is 4.87. The third kappa shape index (κ3) is 1.74. The van der Waals surface area contributed by atoms with E-state index in [2.05, 4.69) is 4.99 Å². The van der Waals surface area contributed by atoms with Gasteiger partial charge in [0.2, 0.25) is 0 Å². The lowest BCUT2D eigenvalue weighted by atomic mass is 9.84. The Kier molecular flexibility index (Phi) is 2.74. The van der Waals surface area contributed by atoms with E-state index in [1.54, 1.807) is 0 Å². The summed E-state index contributed by atoms with van der Waals surface area (Å²) in [5.74, 6) is 0.207. The number of rotatable bonds is 0. The summed E-state index contributed by atoms with van der Waals surface area (Å²) in [4.78, 5) is 4.49. The van der Waals surface area contributed by atoms with E-state index in [0.29, 0.717) is 5.70 Å². The fourth-order valence-electron chi connectivity index (χ4n) is 2.65. The van der Waals surface area contributed by atoms with Gasteiger partial charge in [-0.15, -0.1) is 0 Å². The topological polar surface area (TPSA) is 59.0 Å². The summed E-state index contributed by atoms with van der Waals surface area (Å²) < 4.78 is 0. The van der Waals surface area contributed by atoms with Crippen molar-refractivity contribution in [2.24, 2.45) is 4.99 Å². The Hall–Kier alpha value is -1.85. The molecule has 1 aromatic rings. The molecule has 0 aliphatic carbocycles. The van der Waals surface area contributed by atoms with Crippen LogP contribution in [0.2, 0.25) is 0 Å². The van der Waals surface area contributed by atoms with Gasteiger partial charge in [-0.2, -0.15) is 5.06 Å². The summed E-state index contributed by atoms with van der Waals surface area (Å²) in [5, 5.41) is 26.8. The monoisotopic (exact) mass is 286 g/mol. The van der Waals surface area contributed by atoms with Crippen molar-refractivity contribution in [2.75, 3.05) is 0 Å². The lowest BCUT2D eigenvalue weighted by molar-refractivity contribution is -0.181. The molecule has 1 saturated heterocycles. The first-order chi connectivity index (χ1) is 9.66. The van der Waals surface area contributed by atoms with Gasteiger partial charge in [0, 0.05) is 5.22 Å². The maximum Gasteiger partial charge on any atom is 0.183 e. The maximum absolute atomic E-state index is 12.6. The molecule has 0 atom stereocenters. The highest BCUT2D eigenvalue weighted by Gasteiger charge is 2.57. The largest absolute Gasteiger partial charge is 0.286 e. The fourth-order valence-corrected chi connectivity index (χ4v) is 2.65. The highest BCUT2D eigenvalue weighted by molar-refractivity contribution is 5.52. The molecule has 1 radical (unpaired) electrons. The first kappa shape index (κ1) is 14.1. The molecule has 0 saturated carbocycles. The lowest BCUT2D eigenvalue weighted by Crippen LogP contribution is -2.52. The van der Waals surface area contributed by atoms with Crippen LogP contribution in [-0.4, -0.2) is 26.4 Å². The summed E-state index contributed by atoms with van der Waals surface area (Å²) in [6.07, 6.45) is 1.85. The van der Waals surface area contributed by atoms with Crippen LogP contribution >= 0.6 is 0 Å². The van der Waals surface area contributed by atoms with E-state index < -0.39 is 11.1 Å². The quantitative estimate of drug-likeness (QED) is 0.786. The average molecular weight is 286 g/mol. The molecule has 0 unspecified atom stereocenters. The molecule has 5 heteroatoms. The molecular weight excluding hydrogens is 266 g/mol. The van der Waals surface area contributed by atoms with Gasteiger partial charge in [0.05, 0.1) is 16.4 Å². The number of aryl methyl sites for hydroxylation is 1. The number of hydrogen-bond acceptors (Lipinski definition) is 4. The summed E-state index contributed by atoms with van der Waals surface area (Å²) in [7, 11) is 0. The van der Waals surface area contributed by atoms with Crippen LogP contribution in [0.5, 0.6) is 0 Å². The number of hydrogen-bond donors (Lipinski definition) is 1. The van der Waals surface area contributed by atoms with Crippen molar-refractivity contribution < 1.29 is 10.4 Å². The fraction of sp³-hybridized carbons (Fsp3) is 0.438. The van der Waals surface area contributed by atoms with E-state index in [-0.39, 0.29) is 5.82 Å². The Morgan fingerprint density at radius 2 is 1.81 bits per heavy atom. The third-order valence-electron chi connectivity index (χ3n) is 4.87. The van der Waals surface area contributed by atoms with Crippen molar-refractivity contribution in [3.8, 4) is 0 Å². The molecule has 0 aromatic heterocycles. The Balaban J connectivity index is 2.22. The van der Waals surface area contributed by atoms with E-state index >= 15 is 0 Å². The van der Waals surface area contributed by atoms with Crippen LogP contribution in [0, 0.1) is 6.92 Å². The zero-order chi connectivity index (χ0) is 15.6. The SMILES string of the molecule is Cc1ccc2c(c1)=C/C(=C1\N([O])C(C)(C)C(C)(C)N1O)N=2. The van der Waals surface area contributed by atoms with Gasteiger partial charge >= 0.3 is 0 Å². The summed E-state index contributed by atoms with van der Waals surface area (Å²) in [5.41, 5.74) is 0.189. The zero-order valence-corrected chi connectivity index (χ0v) is 13.0.